The van der Waals surface area contributed by atoms with E-state index >= 15 is 0 Å². The molecule has 1 aliphatic heterocycles. The predicted octanol–water partition coefficient (Wildman–Crippen LogP) is 1.98. The highest BCUT2D eigenvalue weighted by Gasteiger charge is 2.36. The van der Waals surface area contributed by atoms with Crippen LogP contribution in [0.3, 0.4) is 0 Å². The lowest BCUT2D eigenvalue weighted by Gasteiger charge is -2.25. The molecule has 1 fully saturated rings. The molecule has 2 unspecified atom stereocenters. The van der Waals surface area contributed by atoms with Gasteiger partial charge in [0.15, 0.2) is 0 Å². The Kier molecular flexibility index (Phi) is 4.58. The molecule has 88 valence electrons. The van der Waals surface area contributed by atoms with Gasteiger partial charge in [-0.25, -0.2) is 0 Å². The Morgan fingerprint density at radius 3 is 2.53 bits per heavy atom. The molecule has 1 amide bonds. The summed E-state index contributed by atoms with van der Waals surface area (Å²) in [6, 6.07) is 0.0558. The molecule has 1 heterocycles. The van der Waals surface area contributed by atoms with Crippen LogP contribution >= 0.6 is 0 Å². The first-order valence-corrected chi connectivity index (χ1v) is 6.16. The van der Waals surface area contributed by atoms with E-state index < -0.39 is 0 Å². The summed E-state index contributed by atoms with van der Waals surface area (Å²) < 4.78 is 0. The molecule has 15 heavy (non-hydrogen) atoms. The van der Waals surface area contributed by atoms with Gasteiger partial charge in [0.2, 0.25) is 5.91 Å². The van der Waals surface area contributed by atoms with E-state index in [1.165, 1.54) is 0 Å². The summed E-state index contributed by atoms with van der Waals surface area (Å²) in [5.41, 5.74) is 0. The van der Waals surface area contributed by atoms with Crippen LogP contribution in [-0.2, 0) is 4.79 Å². The Labute approximate surface area is 93.2 Å². The van der Waals surface area contributed by atoms with Crippen LogP contribution in [0.5, 0.6) is 0 Å². The number of hydrogen-bond acceptors (Lipinski definition) is 2. The van der Waals surface area contributed by atoms with Crippen molar-refractivity contribution in [1.29, 1.82) is 0 Å². The molecule has 1 rings (SSSR count). The van der Waals surface area contributed by atoms with Crippen molar-refractivity contribution in [1.82, 2.24) is 10.2 Å². The first-order valence-electron chi connectivity index (χ1n) is 6.16. The summed E-state index contributed by atoms with van der Waals surface area (Å²) >= 11 is 0. The van der Waals surface area contributed by atoms with Gasteiger partial charge < -0.3 is 4.90 Å². The highest BCUT2D eigenvalue weighted by molar-refractivity contribution is 5.84. The SMILES string of the molecule is CCCN1C(=O)C(CC)NC1CC(C)C. The lowest BCUT2D eigenvalue weighted by Crippen LogP contribution is -2.38. The third-order valence-corrected chi connectivity index (χ3v) is 2.92. The van der Waals surface area contributed by atoms with Gasteiger partial charge >= 0.3 is 0 Å². The van der Waals surface area contributed by atoms with Gasteiger partial charge in [-0.05, 0) is 25.2 Å². The number of nitrogens with zero attached hydrogens (tertiary/aromatic N) is 1. The number of carbonyl (C=O) groups is 1. The second-order valence-corrected chi connectivity index (χ2v) is 4.80. The van der Waals surface area contributed by atoms with Crippen molar-refractivity contribution in [2.75, 3.05) is 6.54 Å². The van der Waals surface area contributed by atoms with Crippen LogP contribution in [0.2, 0.25) is 0 Å². The summed E-state index contributed by atoms with van der Waals surface area (Å²) in [6.07, 6.45) is 3.26. The number of rotatable bonds is 5. The predicted molar refractivity (Wildman–Crippen MR) is 62.5 cm³/mol. The summed E-state index contributed by atoms with van der Waals surface area (Å²) in [5.74, 6) is 0.926. The van der Waals surface area contributed by atoms with Crippen LogP contribution in [0.1, 0.15) is 47.0 Å². The monoisotopic (exact) mass is 212 g/mol. The van der Waals surface area contributed by atoms with Crippen molar-refractivity contribution < 1.29 is 4.79 Å². The molecule has 0 aromatic heterocycles. The molecular formula is C12H24N2O. The maximum absolute atomic E-state index is 12.0. The van der Waals surface area contributed by atoms with E-state index in [9.17, 15) is 4.79 Å². The maximum atomic E-state index is 12.0. The fourth-order valence-corrected chi connectivity index (χ4v) is 2.19. The Bertz CT molecular complexity index is 216. The molecule has 0 radical (unpaired) electrons. The smallest absolute Gasteiger partial charge is 0.241 e. The third kappa shape index (κ3) is 2.94. The molecule has 2 atom stereocenters. The van der Waals surface area contributed by atoms with Gasteiger partial charge in [0, 0.05) is 6.54 Å². The van der Waals surface area contributed by atoms with Gasteiger partial charge in [-0.1, -0.05) is 27.7 Å². The average Bonchev–Trinajstić information content (AvgIpc) is 2.45. The second-order valence-electron chi connectivity index (χ2n) is 4.80. The quantitative estimate of drug-likeness (QED) is 0.755. The largest absolute Gasteiger partial charge is 0.326 e. The summed E-state index contributed by atoms with van der Waals surface area (Å²) in [5, 5.41) is 3.43. The number of carbonyl (C=O) groups excluding carboxylic acids is 1. The first-order chi connectivity index (χ1) is 7.10. The molecule has 0 aliphatic carbocycles. The molecule has 1 saturated heterocycles. The molecule has 0 bridgehead atoms. The Morgan fingerprint density at radius 2 is 2.07 bits per heavy atom. The van der Waals surface area contributed by atoms with E-state index in [2.05, 4.69) is 33.0 Å². The van der Waals surface area contributed by atoms with Crippen LogP contribution in [0.4, 0.5) is 0 Å². The molecule has 0 aromatic carbocycles. The van der Waals surface area contributed by atoms with Gasteiger partial charge in [-0.2, -0.15) is 0 Å². The Balaban J connectivity index is 2.64. The summed E-state index contributed by atoms with van der Waals surface area (Å²) in [7, 11) is 0. The zero-order chi connectivity index (χ0) is 11.4. The summed E-state index contributed by atoms with van der Waals surface area (Å²) in [6.45, 7) is 9.49. The third-order valence-electron chi connectivity index (χ3n) is 2.92. The van der Waals surface area contributed by atoms with Gasteiger partial charge in [0.1, 0.15) is 0 Å². The fraction of sp³-hybridized carbons (Fsp3) is 0.917. The highest BCUT2D eigenvalue weighted by atomic mass is 16.2. The van der Waals surface area contributed by atoms with Crippen LogP contribution in [0.15, 0.2) is 0 Å². The van der Waals surface area contributed by atoms with Crippen molar-refractivity contribution >= 4 is 5.91 Å². The average molecular weight is 212 g/mol. The maximum Gasteiger partial charge on any atom is 0.241 e. The van der Waals surface area contributed by atoms with Crippen LogP contribution < -0.4 is 5.32 Å². The Morgan fingerprint density at radius 1 is 1.40 bits per heavy atom. The second kappa shape index (κ2) is 5.50. The van der Waals surface area contributed by atoms with Crippen molar-refractivity contribution in [2.24, 2.45) is 5.92 Å². The van der Waals surface area contributed by atoms with Gasteiger partial charge in [0.25, 0.3) is 0 Å². The molecule has 0 spiro atoms. The summed E-state index contributed by atoms with van der Waals surface area (Å²) in [4.78, 5) is 14.0. The van der Waals surface area contributed by atoms with Crippen LogP contribution in [0.25, 0.3) is 0 Å². The van der Waals surface area contributed by atoms with Crippen molar-refractivity contribution in [3.8, 4) is 0 Å². The van der Waals surface area contributed by atoms with E-state index in [1.54, 1.807) is 0 Å². The number of nitrogens with one attached hydrogen (secondary N) is 1. The van der Waals surface area contributed by atoms with Crippen LogP contribution in [-0.4, -0.2) is 29.6 Å². The minimum absolute atomic E-state index is 0.0558. The fourth-order valence-electron chi connectivity index (χ4n) is 2.19. The van der Waals surface area contributed by atoms with E-state index in [1.807, 2.05) is 4.90 Å². The zero-order valence-corrected chi connectivity index (χ0v) is 10.4. The number of hydrogen-bond donors (Lipinski definition) is 1. The van der Waals surface area contributed by atoms with Crippen LogP contribution in [0, 0.1) is 5.92 Å². The Hall–Kier alpha value is -0.570. The molecule has 3 nitrogen and oxygen atoms in total. The molecular weight excluding hydrogens is 188 g/mol. The van der Waals surface area contributed by atoms with E-state index in [0.29, 0.717) is 11.8 Å². The molecule has 1 aliphatic rings. The lowest BCUT2D eigenvalue weighted by molar-refractivity contribution is -0.130. The first kappa shape index (κ1) is 12.5. The van der Waals surface area contributed by atoms with E-state index in [0.717, 1.165) is 25.8 Å². The lowest BCUT2D eigenvalue weighted by atomic mass is 10.1. The highest BCUT2D eigenvalue weighted by Crippen LogP contribution is 2.19. The molecule has 3 heteroatoms. The zero-order valence-electron chi connectivity index (χ0n) is 10.4. The van der Waals surface area contributed by atoms with E-state index in [-0.39, 0.29) is 12.2 Å². The van der Waals surface area contributed by atoms with Crippen molar-refractivity contribution in [2.45, 2.75) is 59.2 Å². The molecule has 0 saturated carbocycles. The normalized spacial score (nSPS) is 26.7. The van der Waals surface area contributed by atoms with Crippen molar-refractivity contribution in [3.05, 3.63) is 0 Å². The minimum atomic E-state index is 0.0558. The van der Waals surface area contributed by atoms with Gasteiger partial charge in [-0.3, -0.25) is 10.1 Å². The van der Waals surface area contributed by atoms with Crippen molar-refractivity contribution in [3.63, 3.8) is 0 Å². The van der Waals surface area contributed by atoms with E-state index in [4.69, 9.17) is 0 Å². The van der Waals surface area contributed by atoms with Gasteiger partial charge in [-0.15, -0.1) is 0 Å². The molecule has 1 N–H and O–H groups in total. The minimum Gasteiger partial charge on any atom is -0.326 e. The number of amides is 1. The topological polar surface area (TPSA) is 32.3 Å². The van der Waals surface area contributed by atoms with Gasteiger partial charge in [0.05, 0.1) is 12.2 Å². The molecule has 0 aromatic rings. The standard InChI is InChI=1S/C12H24N2O/c1-5-7-14-11(8-9(3)4)13-10(6-2)12(14)15/h9-11,13H,5-8H2,1-4H3.